The second-order valence-corrected chi connectivity index (χ2v) is 7.91. The molecule has 0 aliphatic carbocycles. The van der Waals surface area contributed by atoms with Crippen LogP contribution in [0.5, 0.6) is 5.75 Å². The Hall–Kier alpha value is -3.40. The van der Waals surface area contributed by atoms with Crippen molar-refractivity contribution in [3.8, 4) is 17.1 Å². The van der Waals surface area contributed by atoms with Crippen molar-refractivity contribution in [3.05, 3.63) is 78.4 Å². The fraction of sp³-hybridized carbons (Fsp3) is 0.167. The Morgan fingerprint density at radius 2 is 1.46 bits per heavy atom. The summed E-state index contributed by atoms with van der Waals surface area (Å²) in [5.41, 5.74) is 4.10. The molecule has 0 unspecified atom stereocenters. The molecule has 0 aliphatic rings. The Morgan fingerprint density at radius 3 is 2.14 bits per heavy atom. The number of hydrogen-bond acceptors (Lipinski definition) is 4. The van der Waals surface area contributed by atoms with E-state index in [1.165, 1.54) is 5.56 Å². The lowest BCUT2D eigenvalue weighted by atomic mass is 9.87. The summed E-state index contributed by atoms with van der Waals surface area (Å²) >= 11 is 0. The lowest BCUT2D eigenvalue weighted by Gasteiger charge is -2.19. The number of aromatic hydroxyl groups is 1. The van der Waals surface area contributed by atoms with Crippen molar-refractivity contribution in [1.29, 1.82) is 0 Å². The highest BCUT2D eigenvalue weighted by Gasteiger charge is 2.14. The highest BCUT2D eigenvalue weighted by atomic mass is 16.3. The second-order valence-electron chi connectivity index (χ2n) is 7.91. The summed E-state index contributed by atoms with van der Waals surface area (Å²) in [5.74, 6) is 1.66. The van der Waals surface area contributed by atoms with Gasteiger partial charge < -0.3 is 10.4 Å². The van der Waals surface area contributed by atoms with E-state index in [1.807, 2.05) is 36.4 Å². The molecule has 0 fully saturated rings. The number of phenols is 1. The molecule has 0 amide bonds. The maximum absolute atomic E-state index is 9.51. The minimum absolute atomic E-state index is 0.106. The third kappa shape index (κ3) is 3.67. The maximum atomic E-state index is 9.51. The van der Waals surface area contributed by atoms with Crippen LogP contribution in [0, 0.1) is 0 Å². The van der Waals surface area contributed by atoms with Crippen LogP contribution in [0.1, 0.15) is 26.3 Å². The van der Waals surface area contributed by atoms with Gasteiger partial charge in [0.1, 0.15) is 11.6 Å². The minimum Gasteiger partial charge on any atom is -0.508 e. The van der Waals surface area contributed by atoms with Crippen LogP contribution in [0.15, 0.2) is 72.8 Å². The lowest BCUT2D eigenvalue weighted by Crippen LogP contribution is -2.10. The summed E-state index contributed by atoms with van der Waals surface area (Å²) in [6.45, 7) is 6.61. The Kier molecular flexibility index (Phi) is 4.47. The van der Waals surface area contributed by atoms with Gasteiger partial charge in [-0.1, -0.05) is 57.2 Å². The molecule has 0 bridgehead atoms. The Bertz CT molecular complexity index is 1110. The molecule has 0 atom stereocenters. The highest BCUT2D eigenvalue weighted by molar-refractivity contribution is 5.92. The first-order valence-electron chi connectivity index (χ1n) is 9.34. The first-order chi connectivity index (χ1) is 13.4. The summed E-state index contributed by atoms with van der Waals surface area (Å²) in [4.78, 5) is 9.56. The van der Waals surface area contributed by atoms with Gasteiger partial charge in [-0.15, -0.1) is 0 Å². The monoisotopic (exact) mass is 369 g/mol. The van der Waals surface area contributed by atoms with E-state index < -0.39 is 0 Å². The van der Waals surface area contributed by atoms with Crippen molar-refractivity contribution in [3.63, 3.8) is 0 Å². The molecule has 0 radical (unpaired) electrons. The number of nitrogens with one attached hydrogen (secondary N) is 1. The zero-order valence-corrected chi connectivity index (χ0v) is 16.3. The van der Waals surface area contributed by atoms with Crippen molar-refractivity contribution in [2.45, 2.75) is 26.2 Å². The van der Waals surface area contributed by atoms with Gasteiger partial charge in [-0.3, -0.25) is 0 Å². The zero-order valence-electron chi connectivity index (χ0n) is 16.3. The zero-order chi connectivity index (χ0) is 19.7. The van der Waals surface area contributed by atoms with E-state index in [9.17, 15) is 5.11 Å². The molecule has 28 heavy (non-hydrogen) atoms. The van der Waals surface area contributed by atoms with Crippen LogP contribution < -0.4 is 5.32 Å². The number of rotatable bonds is 3. The van der Waals surface area contributed by atoms with Crippen molar-refractivity contribution in [1.82, 2.24) is 9.97 Å². The van der Waals surface area contributed by atoms with E-state index in [0.29, 0.717) is 5.82 Å². The molecule has 1 heterocycles. The smallest absolute Gasteiger partial charge is 0.162 e. The molecule has 4 heteroatoms. The van der Waals surface area contributed by atoms with Crippen LogP contribution in [0.3, 0.4) is 0 Å². The molecule has 4 nitrogen and oxygen atoms in total. The number of para-hydroxylation sites is 1. The predicted molar refractivity (Wildman–Crippen MR) is 115 cm³/mol. The molecule has 2 N–H and O–H groups in total. The molecular formula is C24H23N3O. The van der Waals surface area contributed by atoms with Gasteiger partial charge in [-0.25, -0.2) is 9.97 Å². The molecule has 140 valence electrons. The van der Waals surface area contributed by atoms with E-state index in [-0.39, 0.29) is 11.2 Å². The summed E-state index contributed by atoms with van der Waals surface area (Å²) < 4.78 is 0. The standard InChI is InChI=1S/C24H23N3O/c1-24(2,3)17-10-8-16(9-11-17)22-26-21-7-5-4-6-20(21)23(27-22)25-18-12-14-19(28)15-13-18/h4-15,28H,1-3H3,(H,25,26,27). The average molecular weight is 369 g/mol. The molecule has 4 rings (SSSR count). The molecule has 0 saturated heterocycles. The van der Waals surface area contributed by atoms with Crippen LogP contribution in [0.4, 0.5) is 11.5 Å². The number of anilines is 2. The molecule has 0 aliphatic heterocycles. The fourth-order valence-electron chi connectivity index (χ4n) is 3.10. The third-order valence-electron chi connectivity index (χ3n) is 4.74. The van der Waals surface area contributed by atoms with Gasteiger partial charge in [0.25, 0.3) is 0 Å². The number of phenolic OH excluding ortho intramolecular Hbond substituents is 1. The van der Waals surface area contributed by atoms with Gasteiger partial charge in [-0.2, -0.15) is 0 Å². The fourth-order valence-corrected chi connectivity index (χ4v) is 3.10. The first-order valence-corrected chi connectivity index (χ1v) is 9.34. The van der Waals surface area contributed by atoms with Gasteiger partial charge in [0.2, 0.25) is 0 Å². The normalized spacial score (nSPS) is 11.5. The number of nitrogens with zero attached hydrogens (tertiary/aromatic N) is 2. The van der Waals surface area contributed by atoms with E-state index in [1.54, 1.807) is 12.1 Å². The van der Waals surface area contributed by atoms with Crippen molar-refractivity contribution < 1.29 is 5.11 Å². The molecule has 0 spiro atoms. The van der Waals surface area contributed by atoms with Crippen LogP contribution in [0.25, 0.3) is 22.3 Å². The molecule has 4 aromatic rings. The molecular weight excluding hydrogens is 346 g/mol. The highest BCUT2D eigenvalue weighted by Crippen LogP contribution is 2.29. The Morgan fingerprint density at radius 1 is 0.786 bits per heavy atom. The van der Waals surface area contributed by atoms with E-state index >= 15 is 0 Å². The van der Waals surface area contributed by atoms with Crippen molar-refractivity contribution >= 4 is 22.4 Å². The number of aromatic nitrogens is 2. The van der Waals surface area contributed by atoms with E-state index in [4.69, 9.17) is 9.97 Å². The predicted octanol–water partition coefficient (Wildman–Crippen LogP) is 6.04. The summed E-state index contributed by atoms with van der Waals surface area (Å²) in [6.07, 6.45) is 0. The lowest BCUT2D eigenvalue weighted by molar-refractivity contribution is 0.475. The molecule has 0 saturated carbocycles. The molecule has 1 aromatic heterocycles. The van der Waals surface area contributed by atoms with Crippen molar-refractivity contribution in [2.75, 3.05) is 5.32 Å². The average Bonchev–Trinajstić information content (AvgIpc) is 2.69. The van der Waals surface area contributed by atoms with Gasteiger partial charge >= 0.3 is 0 Å². The maximum Gasteiger partial charge on any atom is 0.162 e. The van der Waals surface area contributed by atoms with Crippen LogP contribution in [-0.2, 0) is 5.41 Å². The second kappa shape index (κ2) is 6.97. The van der Waals surface area contributed by atoms with Crippen LogP contribution in [0.2, 0.25) is 0 Å². The first kappa shape index (κ1) is 18.0. The van der Waals surface area contributed by atoms with Gasteiger partial charge in [0.15, 0.2) is 5.82 Å². The Labute approximate surface area is 164 Å². The van der Waals surface area contributed by atoms with Gasteiger partial charge in [0.05, 0.1) is 5.52 Å². The summed E-state index contributed by atoms with van der Waals surface area (Å²) in [5, 5.41) is 13.8. The van der Waals surface area contributed by atoms with Crippen LogP contribution in [-0.4, -0.2) is 15.1 Å². The van der Waals surface area contributed by atoms with Crippen LogP contribution >= 0.6 is 0 Å². The summed E-state index contributed by atoms with van der Waals surface area (Å²) in [6, 6.07) is 23.3. The quantitative estimate of drug-likeness (QED) is 0.432. The Balaban J connectivity index is 1.78. The topological polar surface area (TPSA) is 58.0 Å². The third-order valence-corrected chi connectivity index (χ3v) is 4.74. The van der Waals surface area contributed by atoms with E-state index in [2.05, 4.69) is 50.4 Å². The van der Waals surface area contributed by atoms with Gasteiger partial charge in [-0.05, 0) is 47.4 Å². The molecule has 3 aromatic carbocycles. The summed E-state index contributed by atoms with van der Waals surface area (Å²) in [7, 11) is 0. The number of fused-ring (bicyclic) bond motifs is 1. The van der Waals surface area contributed by atoms with E-state index in [0.717, 1.165) is 28.0 Å². The SMILES string of the molecule is CC(C)(C)c1ccc(-c2nc(Nc3ccc(O)cc3)c3ccccc3n2)cc1. The number of hydrogen-bond donors (Lipinski definition) is 2. The number of benzene rings is 3. The largest absolute Gasteiger partial charge is 0.508 e. The van der Waals surface area contributed by atoms with Crippen molar-refractivity contribution in [2.24, 2.45) is 0 Å². The minimum atomic E-state index is 0.106. The van der Waals surface area contributed by atoms with Gasteiger partial charge in [0, 0.05) is 16.6 Å².